The van der Waals surface area contributed by atoms with Crippen molar-refractivity contribution >= 4 is 43.9 Å². The topological polar surface area (TPSA) is 52.1 Å². The van der Waals surface area contributed by atoms with E-state index in [1.54, 1.807) is 0 Å². The summed E-state index contributed by atoms with van der Waals surface area (Å²) in [6.07, 6.45) is 0. The first-order valence-electron chi connectivity index (χ1n) is 18.8. The molecule has 0 saturated heterocycles. The third-order valence-corrected chi connectivity index (χ3v) is 10.8. The molecule has 0 aliphatic carbocycles. The van der Waals surface area contributed by atoms with E-state index in [2.05, 4.69) is 146 Å². The van der Waals surface area contributed by atoms with Crippen LogP contribution in [0.2, 0.25) is 0 Å². The highest BCUT2D eigenvalue weighted by Gasteiger charge is 2.21. The summed E-state index contributed by atoms with van der Waals surface area (Å²) < 4.78 is 13.2. The molecule has 0 N–H and O–H groups in total. The predicted octanol–water partition coefficient (Wildman–Crippen LogP) is 14.3. The van der Waals surface area contributed by atoms with Gasteiger partial charge in [-0.25, -0.2) is 9.97 Å². The minimum absolute atomic E-state index is 0.621. The van der Waals surface area contributed by atoms with E-state index >= 15 is 0 Å². The zero-order chi connectivity index (χ0) is 37.0. The highest BCUT2D eigenvalue weighted by Crippen LogP contribution is 2.43. The van der Waals surface area contributed by atoms with Crippen molar-refractivity contribution in [1.82, 2.24) is 9.97 Å². The summed E-state index contributed by atoms with van der Waals surface area (Å²) in [6, 6.07) is 67.2. The van der Waals surface area contributed by atoms with Crippen molar-refractivity contribution in [3.63, 3.8) is 0 Å². The SMILES string of the molecule is c1ccc(-c2ccc(-c3cc(-c4ccccc4)nc(-c4cc(-c5cccc6c5oc5ccccc56)ccc4-c4cccc5c4oc4ccccc45)n3)cc2)cc1. The second kappa shape index (κ2) is 13.1. The molecule has 0 aliphatic rings. The summed E-state index contributed by atoms with van der Waals surface area (Å²) in [7, 11) is 0. The summed E-state index contributed by atoms with van der Waals surface area (Å²) in [5.74, 6) is 0.621. The number of hydrogen-bond donors (Lipinski definition) is 0. The normalized spacial score (nSPS) is 11.6. The molecule has 11 aromatic rings. The van der Waals surface area contributed by atoms with Gasteiger partial charge in [-0.3, -0.25) is 0 Å². The minimum atomic E-state index is 0.621. The monoisotopic (exact) mass is 716 g/mol. The molecule has 3 aromatic heterocycles. The van der Waals surface area contributed by atoms with Gasteiger partial charge in [0.15, 0.2) is 5.82 Å². The fourth-order valence-electron chi connectivity index (χ4n) is 8.00. The number of rotatable bonds is 6. The van der Waals surface area contributed by atoms with E-state index < -0.39 is 0 Å². The highest BCUT2D eigenvalue weighted by atomic mass is 16.3. The Hall–Kier alpha value is -7.56. The Balaban J connectivity index is 1.16. The Morgan fingerprint density at radius 3 is 1.39 bits per heavy atom. The number of hydrogen-bond acceptors (Lipinski definition) is 4. The highest BCUT2D eigenvalue weighted by molar-refractivity contribution is 6.12. The van der Waals surface area contributed by atoms with Crippen LogP contribution in [0.4, 0.5) is 0 Å². The fourth-order valence-corrected chi connectivity index (χ4v) is 8.00. The third kappa shape index (κ3) is 5.39. The van der Waals surface area contributed by atoms with Crippen LogP contribution in [0.5, 0.6) is 0 Å². The average molecular weight is 717 g/mol. The van der Waals surface area contributed by atoms with Gasteiger partial charge in [0.2, 0.25) is 0 Å². The van der Waals surface area contributed by atoms with Gasteiger partial charge in [-0.2, -0.15) is 0 Å². The average Bonchev–Trinajstić information content (AvgIpc) is 3.86. The zero-order valence-corrected chi connectivity index (χ0v) is 30.2. The minimum Gasteiger partial charge on any atom is -0.455 e. The maximum Gasteiger partial charge on any atom is 0.161 e. The third-order valence-electron chi connectivity index (χ3n) is 10.8. The quantitative estimate of drug-likeness (QED) is 0.172. The predicted molar refractivity (Wildman–Crippen MR) is 229 cm³/mol. The Labute approximate surface area is 323 Å². The van der Waals surface area contributed by atoms with E-state index in [1.807, 2.05) is 48.5 Å². The van der Waals surface area contributed by atoms with Gasteiger partial charge in [0.1, 0.15) is 22.3 Å². The molecule has 0 atom stereocenters. The number of nitrogens with zero attached hydrogens (tertiary/aromatic N) is 2. The maximum atomic E-state index is 6.61. The Kier molecular flexibility index (Phi) is 7.46. The fraction of sp³-hybridized carbons (Fsp3) is 0. The molecule has 0 radical (unpaired) electrons. The Morgan fingerprint density at radius 2 is 0.750 bits per heavy atom. The molecule has 262 valence electrons. The Morgan fingerprint density at radius 1 is 0.286 bits per heavy atom. The van der Waals surface area contributed by atoms with E-state index in [1.165, 1.54) is 5.56 Å². The van der Waals surface area contributed by atoms with Crippen molar-refractivity contribution in [3.05, 3.63) is 194 Å². The summed E-state index contributed by atoms with van der Waals surface area (Å²) >= 11 is 0. The van der Waals surface area contributed by atoms with Crippen LogP contribution in [0.1, 0.15) is 0 Å². The van der Waals surface area contributed by atoms with E-state index in [4.69, 9.17) is 18.8 Å². The van der Waals surface area contributed by atoms with Gasteiger partial charge in [0.25, 0.3) is 0 Å². The van der Waals surface area contributed by atoms with E-state index in [9.17, 15) is 0 Å². The van der Waals surface area contributed by atoms with Crippen molar-refractivity contribution in [2.45, 2.75) is 0 Å². The maximum absolute atomic E-state index is 6.61. The number of benzene rings is 8. The summed E-state index contributed by atoms with van der Waals surface area (Å²) in [4.78, 5) is 10.7. The zero-order valence-electron chi connectivity index (χ0n) is 30.2. The first-order valence-corrected chi connectivity index (χ1v) is 18.8. The van der Waals surface area contributed by atoms with Crippen LogP contribution < -0.4 is 0 Å². The summed E-state index contributed by atoms with van der Waals surface area (Å²) in [6.45, 7) is 0. The van der Waals surface area contributed by atoms with Gasteiger partial charge >= 0.3 is 0 Å². The molecule has 11 rings (SSSR count). The van der Waals surface area contributed by atoms with Crippen molar-refractivity contribution < 1.29 is 8.83 Å². The van der Waals surface area contributed by atoms with E-state index in [-0.39, 0.29) is 0 Å². The molecule has 4 nitrogen and oxygen atoms in total. The van der Waals surface area contributed by atoms with Crippen LogP contribution >= 0.6 is 0 Å². The summed E-state index contributed by atoms with van der Waals surface area (Å²) in [5, 5.41) is 4.33. The van der Waals surface area contributed by atoms with E-state index in [0.29, 0.717) is 5.82 Å². The lowest BCUT2D eigenvalue weighted by Gasteiger charge is -2.15. The van der Waals surface area contributed by atoms with Crippen LogP contribution in [0.15, 0.2) is 203 Å². The van der Waals surface area contributed by atoms with Gasteiger partial charge in [-0.1, -0.05) is 170 Å². The first kappa shape index (κ1) is 31.9. The second-order valence-corrected chi connectivity index (χ2v) is 14.1. The molecular formula is C52H32N2O2. The first-order chi connectivity index (χ1) is 27.7. The molecule has 0 spiro atoms. The Bertz CT molecular complexity index is 3230. The molecular weight excluding hydrogens is 685 g/mol. The summed E-state index contributed by atoms with van der Waals surface area (Å²) in [5.41, 5.74) is 14.3. The van der Waals surface area contributed by atoms with Crippen LogP contribution in [-0.2, 0) is 0 Å². The molecule has 0 saturated carbocycles. The van der Waals surface area contributed by atoms with Gasteiger partial charge in [0, 0.05) is 49.4 Å². The van der Waals surface area contributed by atoms with Crippen LogP contribution in [-0.4, -0.2) is 9.97 Å². The lowest BCUT2D eigenvalue weighted by Crippen LogP contribution is -1.98. The second-order valence-electron chi connectivity index (χ2n) is 14.1. The standard InChI is InChI=1S/C52H32N2O2/c1-3-13-33(14-4-1)34-25-27-36(28-26-34)47-32-46(35-15-5-2-6-16-35)53-52(54-47)45-31-37(38-19-11-21-43-40-17-7-9-23-48(40)55-50(38)43)29-30-39(45)42-20-12-22-44-41-18-8-10-24-49(41)56-51(42)44/h1-32H. The molecule has 0 aliphatic heterocycles. The van der Waals surface area contributed by atoms with Crippen molar-refractivity contribution in [3.8, 4) is 67.3 Å². The van der Waals surface area contributed by atoms with Gasteiger partial charge in [0.05, 0.1) is 11.4 Å². The molecule has 0 unspecified atom stereocenters. The number of aromatic nitrogens is 2. The molecule has 0 amide bonds. The van der Waals surface area contributed by atoms with Crippen molar-refractivity contribution in [1.29, 1.82) is 0 Å². The smallest absolute Gasteiger partial charge is 0.161 e. The van der Waals surface area contributed by atoms with Crippen LogP contribution in [0, 0.1) is 0 Å². The van der Waals surface area contributed by atoms with Gasteiger partial charge in [-0.15, -0.1) is 0 Å². The lowest BCUT2D eigenvalue weighted by atomic mass is 9.92. The largest absolute Gasteiger partial charge is 0.455 e. The lowest BCUT2D eigenvalue weighted by molar-refractivity contribution is 0.669. The van der Waals surface area contributed by atoms with Crippen LogP contribution in [0.3, 0.4) is 0 Å². The molecule has 0 bridgehead atoms. The molecule has 56 heavy (non-hydrogen) atoms. The molecule has 0 fully saturated rings. The molecule has 8 aromatic carbocycles. The van der Waals surface area contributed by atoms with Crippen molar-refractivity contribution in [2.75, 3.05) is 0 Å². The molecule has 3 heterocycles. The van der Waals surface area contributed by atoms with E-state index in [0.717, 1.165) is 99.8 Å². The van der Waals surface area contributed by atoms with Gasteiger partial charge in [-0.05, 0) is 46.5 Å². The van der Waals surface area contributed by atoms with Crippen LogP contribution in [0.25, 0.3) is 111 Å². The molecule has 4 heteroatoms. The number of para-hydroxylation sites is 4. The van der Waals surface area contributed by atoms with Crippen molar-refractivity contribution in [2.24, 2.45) is 0 Å². The number of furan rings is 2. The van der Waals surface area contributed by atoms with Gasteiger partial charge < -0.3 is 8.83 Å². The number of fused-ring (bicyclic) bond motifs is 6.